The molecule has 4 rings (SSSR count). The Hall–Kier alpha value is -3.14. The van der Waals surface area contributed by atoms with Crippen LogP contribution in [-0.2, 0) is 13.0 Å². The van der Waals surface area contributed by atoms with Crippen molar-refractivity contribution in [2.24, 2.45) is 5.92 Å². The number of ether oxygens (including phenoxy) is 1. The fourth-order valence-electron chi connectivity index (χ4n) is 3.12. The van der Waals surface area contributed by atoms with Crippen molar-refractivity contribution in [3.05, 3.63) is 42.4 Å². The summed E-state index contributed by atoms with van der Waals surface area (Å²) in [6.45, 7) is 1.99. The van der Waals surface area contributed by atoms with E-state index >= 15 is 0 Å². The number of nitrogens with one attached hydrogen (secondary N) is 1. The molecule has 1 atom stereocenters. The molecule has 1 N–H and O–H groups in total. The predicted octanol–water partition coefficient (Wildman–Crippen LogP) is 2.40. The molecule has 7 nitrogen and oxygen atoms in total. The zero-order chi connectivity index (χ0) is 17.1. The SMILES string of the molecule is N#CCCn1ncc2c(NC[C@H]3COc4ccccc4C3)ncnc21. The zero-order valence-corrected chi connectivity index (χ0v) is 13.7. The van der Waals surface area contributed by atoms with Crippen molar-refractivity contribution < 1.29 is 4.74 Å². The van der Waals surface area contributed by atoms with Crippen LogP contribution < -0.4 is 10.1 Å². The number of anilines is 1. The van der Waals surface area contributed by atoms with Gasteiger partial charge >= 0.3 is 0 Å². The first kappa shape index (κ1) is 15.4. The van der Waals surface area contributed by atoms with Crippen LogP contribution in [0.15, 0.2) is 36.8 Å². The van der Waals surface area contributed by atoms with Crippen LogP contribution in [0.4, 0.5) is 5.82 Å². The number of para-hydroxylation sites is 1. The van der Waals surface area contributed by atoms with Gasteiger partial charge in [0.1, 0.15) is 17.9 Å². The van der Waals surface area contributed by atoms with Crippen LogP contribution in [0.2, 0.25) is 0 Å². The summed E-state index contributed by atoms with van der Waals surface area (Å²) in [5.41, 5.74) is 2.00. The molecule has 1 aliphatic rings. The first-order chi connectivity index (χ1) is 12.3. The summed E-state index contributed by atoms with van der Waals surface area (Å²) in [5.74, 6) is 2.14. The van der Waals surface area contributed by atoms with Crippen LogP contribution in [0.3, 0.4) is 0 Å². The largest absolute Gasteiger partial charge is 0.493 e. The minimum atomic E-state index is 0.383. The molecule has 0 fully saturated rings. The van der Waals surface area contributed by atoms with Gasteiger partial charge in [-0.05, 0) is 18.1 Å². The number of benzene rings is 1. The molecular formula is C18H18N6O. The Labute approximate surface area is 145 Å². The molecule has 2 aromatic heterocycles. The number of nitriles is 1. The highest BCUT2D eigenvalue weighted by atomic mass is 16.5. The highest BCUT2D eigenvalue weighted by molar-refractivity contribution is 5.86. The Morgan fingerprint density at radius 3 is 3.16 bits per heavy atom. The number of hydrogen-bond acceptors (Lipinski definition) is 6. The van der Waals surface area contributed by atoms with Crippen molar-refractivity contribution in [2.75, 3.05) is 18.5 Å². The van der Waals surface area contributed by atoms with Gasteiger partial charge in [0, 0.05) is 12.5 Å². The second-order valence-corrected chi connectivity index (χ2v) is 6.11. The van der Waals surface area contributed by atoms with Crippen LogP contribution in [-0.4, -0.2) is 32.9 Å². The standard InChI is InChI=1S/C18H18N6O/c19-6-3-7-24-18-15(10-23-24)17(21-12-22-18)20-9-13-8-14-4-1-2-5-16(14)25-11-13/h1-2,4-5,10,12-13H,3,7-9,11H2,(H,20,21,22)/t13-/m0/s1. The van der Waals surface area contributed by atoms with Crippen LogP contribution in [0.25, 0.3) is 11.0 Å². The summed E-state index contributed by atoms with van der Waals surface area (Å²) in [4.78, 5) is 8.64. The van der Waals surface area contributed by atoms with Gasteiger partial charge in [0.2, 0.25) is 0 Å². The molecule has 0 saturated heterocycles. The van der Waals surface area contributed by atoms with Crippen molar-refractivity contribution in [3.63, 3.8) is 0 Å². The van der Waals surface area contributed by atoms with Crippen LogP contribution >= 0.6 is 0 Å². The van der Waals surface area contributed by atoms with E-state index in [1.54, 1.807) is 10.9 Å². The van der Waals surface area contributed by atoms with Crippen molar-refractivity contribution in [2.45, 2.75) is 19.4 Å². The Morgan fingerprint density at radius 1 is 1.32 bits per heavy atom. The molecule has 0 amide bonds. The van der Waals surface area contributed by atoms with E-state index in [2.05, 4.69) is 32.5 Å². The number of aryl methyl sites for hydroxylation is 1. The van der Waals surface area contributed by atoms with Gasteiger partial charge in [-0.2, -0.15) is 10.4 Å². The quantitative estimate of drug-likeness (QED) is 0.771. The van der Waals surface area contributed by atoms with E-state index in [1.807, 2.05) is 18.2 Å². The molecule has 0 unspecified atom stereocenters. The van der Waals surface area contributed by atoms with Gasteiger partial charge < -0.3 is 10.1 Å². The monoisotopic (exact) mass is 334 g/mol. The number of aromatic nitrogens is 4. The fraction of sp³-hybridized carbons (Fsp3) is 0.333. The Bertz CT molecular complexity index is 929. The molecule has 0 saturated carbocycles. The summed E-state index contributed by atoms with van der Waals surface area (Å²) < 4.78 is 7.58. The maximum Gasteiger partial charge on any atom is 0.163 e. The normalized spacial score (nSPS) is 16.0. The lowest BCUT2D eigenvalue weighted by Crippen LogP contribution is -2.27. The Morgan fingerprint density at radius 2 is 2.24 bits per heavy atom. The molecule has 25 heavy (non-hydrogen) atoms. The van der Waals surface area contributed by atoms with Crippen LogP contribution in [0.5, 0.6) is 5.75 Å². The van der Waals surface area contributed by atoms with E-state index < -0.39 is 0 Å². The topological polar surface area (TPSA) is 88.7 Å². The fourth-order valence-corrected chi connectivity index (χ4v) is 3.12. The van der Waals surface area contributed by atoms with Gasteiger partial charge in [0.15, 0.2) is 5.65 Å². The first-order valence-electron chi connectivity index (χ1n) is 8.33. The van der Waals surface area contributed by atoms with Gasteiger partial charge in [-0.3, -0.25) is 0 Å². The molecule has 1 aromatic carbocycles. The lowest BCUT2D eigenvalue weighted by Gasteiger charge is -2.25. The summed E-state index contributed by atoms with van der Waals surface area (Å²) in [7, 11) is 0. The summed E-state index contributed by atoms with van der Waals surface area (Å²) >= 11 is 0. The molecule has 3 aromatic rings. The molecule has 7 heteroatoms. The highest BCUT2D eigenvalue weighted by Gasteiger charge is 2.20. The van der Waals surface area contributed by atoms with E-state index in [0.717, 1.165) is 35.6 Å². The second-order valence-electron chi connectivity index (χ2n) is 6.11. The summed E-state index contributed by atoms with van der Waals surface area (Å²) in [6.07, 6.45) is 4.67. The predicted molar refractivity (Wildman–Crippen MR) is 93.2 cm³/mol. The zero-order valence-electron chi connectivity index (χ0n) is 13.7. The minimum Gasteiger partial charge on any atom is -0.493 e. The molecule has 0 bridgehead atoms. The minimum absolute atomic E-state index is 0.383. The first-order valence-corrected chi connectivity index (χ1v) is 8.33. The van der Waals surface area contributed by atoms with E-state index in [0.29, 0.717) is 25.5 Å². The van der Waals surface area contributed by atoms with Gasteiger partial charge in [0.25, 0.3) is 0 Å². The second kappa shape index (κ2) is 6.77. The smallest absolute Gasteiger partial charge is 0.163 e. The maximum absolute atomic E-state index is 8.74. The van der Waals surface area contributed by atoms with Gasteiger partial charge in [-0.15, -0.1) is 0 Å². The van der Waals surface area contributed by atoms with Crippen molar-refractivity contribution in [3.8, 4) is 11.8 Å². The van der Waals surface area contributed by atoms with E-state index in [1.165, 1.54) is 11.9 Å². The molecular weight excluding hydrogens is 316 g/mol. The van der Waals surface area contributed by atoms with Crippen LogP contribution in [0, 0.1) is 17.2 Å². The summed E-state index contributed by atoms with van der Waals surface area (Å²) in [6, 6.07) is 10.3. The van der Waals surface area contributed by atoms with Gasteiger partial charge in [0.05, 0.1) is 37.2 Å². The summed E-state index contributed by atoms with van der Waals surface area (Å²) in [5, 5.41) is 17.3. The molecule has 1 aliphatic heterocycles. The van der Waals surface area contributed by atoms with Crippen molar-refractivity contribution >= 4 is 16.9 Å². The average molecular weight is 334 g/mol. The third-order valence-corrected chi connectivity index (χ3v) is 4.38. The highest BCUT2D eigenvalue weighted by Crippen LogP contribution is 2.27. The van der Waals surface area contributed by atoms with Gasteiger partial charge in [-0.25, -0.2) is 14.6 Å². The molecule has 0 radical (unpaired) electrons. The Kier molecular flexibility index (Phi) is 4.17. The average Bonchev–Trinajstić information content (AvgIpc) is 3.08. The lowest BCUT2D eigenvalue weighted by atomic mass is 9.97. The third-order valence-electron chi connectivity index (χ3n) is 4.38. The maximum atomic E-state index is 8.74. The van der Waals surface area contributed by atoms with Crippen LogP contribution in [0.1, 0.15) is 12.0 Å². The number of nitrogens with zero attached hydrogens (tertiary/aromatic N) is 5. The molecule has 0 aliphatic carbocycles. The third kappa shape index (κ3) is 3.11. The number of rotatable bonds is 5. The number of fused-ring (bicyclic) bond motifs is 2. The molecule has 0 spiro atoms. The molecule has 3 heterocycles. The lowest BCUT2D eigenvalue weighted by molar-refractivity contribution is 0.229. The van der Waals surface area contributed by atoms with Crippen molar-refractivity contribution in [1.82, 2.24) is 19.7 Å². The van der Waals surface area contributed by atoms with E-state index in [-0.39, 0.29) is 0 Å². The van der Waals surface area contributed by atoms with Crippen molar-refractivity contribution in [1.29, 1.82) is 5.26 Å². The number of hydrogen-bond donors (Lipinski definition) is 1. The van der Waals surface area contributed by atoms with Gasteiger partial charge in [-0.1, -0.05) is 18.2 Å². The van der Waals surface area contributed by atoms with E-state index in [9.17, 15) is 0 Å². The molecule has 126 valence electrons. The van der Waals surface area contributed by atoms with E-state index in [4.69, 9.17) is 10.00 Å². The Balaban J connectivity index is 1.47.